The van der Waals surface area contributed by atoms with Gasteiger partial charge in [0.05, 0.1) is 6.04 Å². The van der Waals surface area contributed by atoms with Crippen LogP contribution in [0, 0.1) is 0 Å². The molecule has 3 rings (SSSR count). The van der Waals surface area contributed by atoms with Crippen LogP contribution in [0.1, 0.15) is 32.6 Å². The van der Waals surface area contributed by atoms with E-state index in [1.165, 1.54) is 0 Å². The molecule has 3 fully saturated rings. The largest absolute Gasteiger partial charge is 0.381 e. The molecule has 0 bridgehead atoms. The van der Waals surface area contributed by atoms with Gasteiger partial charge in [-0.1, -0.05) is 0 Å². The fourth-order valence-corrected chi connectivity index (χ4v) is 3.85. The molecular weight excluding hydrogens is 290 g/mol. The third-order valence-electron chi connectivity index (χ3n) is 4.92. The number of likely N-dealkylation sites (tertiary alicyclic amines) is 1. The molecule has 0 spiro atoms. The van der Waals surface area contributed by atoms with Crippen molar-refractivity contribution >= 4 is 18.3 Å². The van der Waals surface area contributed by atoms with Crippen LogP contribution in [0.5, 0.6) is 0 Å². The monoisotopic (exact) mass is 317 g/mol. The van der Waals surface area contributed by atoms with E-state index in [0.29, 0.717) is 18.0 Å². The van der Waals surface area contributed by atoms with Gasteiger partial charge in [0.25, 0.3) is 0 Å². The third-order valence-corrected chi connectivity index (χ3v) is 4.92. The second kappa shape index (κ2) is 7.77. The van der Waals surface area contributed by atoms with Gasteiger partial charge < -0.3 is 15.0 Å². The quantitative estimate of drug-likeness (QED) is 0.821. The number of rotatable bonds is 2. The highest BCUT2D eigenvalue weighted by molar-refractivity contribution is 5.85. The summed E-state index contributed by atoms with van der Waals surface area (Å²) >= 11 is 0. The van der Waals surface area contributed by atoms with Crippen LogP contribution in [0.4, 0.5) is 0 Å². The number of nitrogens with one attached hydrogen (secondary N) is 1. The number of piperazine rings is 1. The maximum Gasteiger partial charge on any atom is 0.240 e. The van der Waals surface area contributed by atoms with E-state index in [0.717, 1.165) is 65.1 Å². The number of carbonyl (C=O) groups excluding carboxylic acids is 1. The summed E-state index contributed by atoms with van der Waals surface area (Å²) in [6.07, 6.45) is 4.37. The molecule has 0 aliphatic carbocycles. The van der Waals surface area contributed by atoms with Gasteiger partial charge in [0.1, 0.15) is 0 Å². The molecule has 1 amide bonds. The minimum atomic E-state index is 0. The fourth-order valence-electron chi connectivity index (χ4n) is 3.85. The smallest absolute Gasteiger partial charge is 0.240 e. The molecule has 0 aromatic rings. The minimum Gasteiger partial charge on any atom is -0.381 e. The SMILES string of the molecule is C[C@@H]1CN(C(=O)C2CCCN2C2CCOCC2)CCN1.Cl. The standard InChI is InChI=1S/C15H27N3O2.ClH/c1-12-11-17(8-6-16-12)15(19)14-3-2-7-18(14)13-4-9-20-10-5-13;/h12-14,16H,2-11H2,1H3;1H/t12-,14?;/m1./s1. The van der Waals surface area contributed by atoms with Crippen molar-refractivity contribution < 1.29 is 9.53 Å². The first-order valence-corrected chi connectivity index (χ1v) is 8.11. The van der Waals surface area contributed by atoms with Crippen LogP contribution >= 0.6 is 12.4 Å². The van der Waals surface area contributed by atoms with Crippen LogP contribution in [-0.4, -0.2) is 73.2 Å². The van der Waals surface area contributed by atoms with Crippen molar-refractivity contribution in [3.8, 4) is 0 Å². The van der Waals surface area contributed by atoms with Crippen LogP contribution in [0.3, 0.4) is 0 Å². The lowest BCUT2D eigenvalue weighted by Crippen LogP contribution is -2.57. The molecule has 1 unspecified atom stereocenters. The number of amides is 1. The maximum absolute atomic E-state index is 12.8. The van der Waals surface area contributed by atoms with Gasteiger partial charge >= 0.3 is 0 Å². The number of ether oxygens (including phenoxy) is 1. The predicted molar refractivity (Wildman–Crippen MR) is 84.9 cm³/mol. The molecule has 3 heterocycles. The number of hydrogen-bond donors (Lipinski definition) is 1. The van der Waals surface area contributed by atoms with Crippen molar-refractivity contribution in [1.29, 1.82) is 0 Å². The summed E-state index contributed by atoms with van der Waals surface area (Å²) in [5.41, 5.74) is 0. The van der Waals surface area contributed by atoms with Gasteiger partial charge in [0.15, 0.2) is 0 Å². The van der Waals surface area contributed by atoms with Crippen LogP contribution in [0.2, 0.25) is 0 Å². The molecular formula is C15H28ClN3O2. The summed E-state index contributed by atoms with van der Waals surface area (Å²) in [6.45, 7) is 7.60. The number of halogens is 1. The van der Waals surface area contributed by atoms with E-state index in [1.54, 1.807) is 0 Å². The summed E-state index contributed by atoms with van der Waals surface area (Å²) in [6, 6.07) is 1.11. The molecule has 122 valence electrons. The van der Waals surface area contributed by atoms with Gasteiger partial charge in [-0.15, -0.1) is 12.4 Å². The highest BCUT2D eigenvalue weighted by Gasteiger charge is 2.38. The Hall–Kier alpha value is -0.360. The summed E-state index contributed by atoms with van der Waals surface area (Å²) in [5, 5.41) is 3.41. The molecule has 21 heavy (non-hydrogen) atoms. The lowest BCUT2D eigenvalue weighted by Gasteiger charge is -2.39. The van der Waals surface area contributed by atoms with Gasteiger partial charge in [0.2, 0.25) is 5.91 Å². The van der Waals surface area contributed by atoms with Crippen LogP contribution < -0.4 is 5.32 Å². The van der Waals surface area contributed by atoms with Gasteiger partial charge in [-0.2, -0.15) is 0 Å². The molecule has 0 aromatic carbocycles. The van der Waals surface area contributed by atoms with E-state index in [2.05, 4.69) is 22.0 Å². The Labute approximate surface area is 133 Å². The average Bonchev–Trinajstić information content (AvgIpc) is 2.97. The van der Waals surface area contributed by atoms with Crippen molar-refractivity contribution in [1.82, 2.24) is 15.1 Å². The molecule has 0 saturated carbocycles. The number of carbonyl (C=O) groups is 1. The lowest BCUT2D eigenvalue weighted by atomic mass is 10.0. The molecule has 3 aliphatic heterocycles. The Morgan fingerprint density at radius 2 is 1.95 bits per heavy atom. The summed E-state index contributed by atoms with van der Waals surface area (Å²) in [7, 11) is 0. The van der Waals surface area contributed by atoms with E-state index in [4.69, 9.17) is 4.74 Å². The van der Waals surface area contributed by atoms with Crippen LogP contribution in [-0.2, 0) is 9.53 Å². The Balaban J connectivity index is 0.00000161. The molecule has 2 atom stereocenters. The zero-order valence-electron chi connectivity index (χ0n) is 12.9. The molecule has 3 saturated heterocycles. The van der Waals surface area contributed by atoms with Crippen LogP contribution in [0.25, 0.3) is 0 Å². The highest BCUT2D eigenvalue weighted by Crippen LogP contribution is 2.26. The normalized spacial score (nSPS) is 32.0. The van der Waals surface area contributed by atoms with Gasteiger partial charge in [0, 0.05) is 44.9 Å². The number of hydrogen-bond acceptors (Lipinski definition) is 4. The van der Waals surface area contributed by atoms with Crippen molar-refractivity contribution in [2.75, 3.05) is 39.4 Å². The maximum atomic E-state index is 12.8. The fraction of sp³-hybridized carbons (Fsp3) is 0.933. The molecule has 6 heteroatoms. The highest BCUT2D eigenvalue weighted by atomic mass is 35.5. The Morgan fingerprint density at radius 1 is 1.19 bits per heavy atom. The summed E-state index contributed by atoms with van der Waals surface area (Å²) < 4.78 is 5.46. The zero-order chi connectivity index (χ0) is 13.9. The first-order chi connectivity index (χ1) is 9.75. The van der Waals surface area contributed by atoms with Crippen LogP contribution in [0.15, 0.2) is 0 Å². The summed E-state index contributed by atoms with van der Waals surface area (Å²) in [5.74, 6) is 0.363. The minimum absolute atomic E-state index is 0. The van der Waals surface area contributed by atoms with Crippen molar-refractivity contribution in [2.45, 2.75) is 50.7 Å². The molecule has 5 nitrogen and oxygen atoms in total. The molecule has 3 aliphatic rings. The van der Waals surface area contributed by atoms with E-state index in [9.17, 15) is 4.79 Å². The first-order valence-electron chi connectivity index (χ1n) is 8.11. The van der Waals surface area contributed by atoms with Gasteiger partial charge in [-0.25, -0.2) is 0 Å². The third kappa shape index (κ3) is 3.89. The van der Waals surface area contributed by atoms with E-state index in [1.807, 2.05) is 0 Å². The zero-order valence-corrected chi connectivity index (χ0v) is 13.7. The summed E-state index contributed by atoms with van der Waals surface area (Å²) in [4.78, 5) is 17.4. The average molecular weight is 318 g/mol. The van der Waals surface area contributed by atoms with E-state index < -0.39 is 0 Å². The molecule has 1 N–H and O–H groups in total. The van der Waals surface area contributed by atoms with Crippen molar-refractivity contribution in [3.63, 3.8) is 0 Å². The number of nitrogens with zero attached hydrogens (tertiary/aromatic N) is 2. The van der Waals surface area contributed by atoms with E-state index >= 15 is 0 Å². The Kier molecular flexibility index (Phi) is 6.29. The second-order valence-electron chi connectivity index (χ2n) is 6.38. The topological polar surface area (TPSA) is 44.8 Å². The molecule has 0 radical (unpaired) electrons. The second-order valence-corrected chi connectivity index (χ2v) is 6.38. The van der Waals surface area contributed by atoms with Crippen molar-refractivity contribution in [2.24, 2.45) is 0 Å². The van der Waals surface area contributed by atoms with Gasteiger partial charge in [-0.05, 0) is 39.2 Å². The first kappa shape index (κ1) is 17.0. The van der Waals surface area contributed by atoms with Crippen molar-refractivity contribution in [3.05, 3.63) is 0 Å². The van der Waals surface area contributed by atoms with Gasteiger partial charge in [-0.3, -0.25) is 9.69 Å². The Morgan fingerprint density at radius 3 is 2.67 bits per heavy atom. The van der Waals surface area contributed by atoms with E-state index in [-0.39, 0.29) is 18.4 Å². The predicted octanol–water partition coefficient (Wildman–Crippen LogP) is 0.872. The molecule has 0 aromatic heterocycles. The lowest BCUT2D eigenvalue weighted by molar-refractivity contribution is -0.138. The Bertz CT molecular complexity index is 350.